The first kappa shape index (κ1) is 29.1. The minimum absolute atomic E-state index is 0.0673. The second kappa shape index (κ2) is 11.7. The summed E-state index contributed by atoms with van der Waals surface area (Å²) in [4.78, 5) is 19.3. The molecule has 1 atom stereocenters. The van der Waals surface area contributed by atoms with Gasteiger partial charge < -0.3 is 20.7 Å². The van der Waals surface area contributed by atoms with Gasteiger partial charge in [-0.25, -0.2) is 18.1 Å². The number of methoxy groups -OCH3 is 1. The first-order valence-electron chi connectivity index (χ1n) is 12.3. The van der Waals surface area contributed by atoms with Crippen LogP contribution in [0.5, 0.6) is 5.75 Å². The van der Waals surface area contributed by atoms with Crippen LogP contribution < -0.4 is 25.4 Å². The fourth-order valence-corrected chi connectivity index (χ4v) is 5.42. The Morgan fingerprint density at radius 1 is 1.18 bits per heavy atom. The van der Waals surface area contributed by atoms with Crippen molar-refractivity contribution in [1.29, 1.82) is 0 Å². The van der Waals surface area contributed by atoms with E-state index in [1.807, 2.05) is 6.07 Å². The SMILES string of the molecule is CNS(=O)(=O)Cc1cccc2c1C[C@H](CNc1nc(Nc3ccc(NC(C)=O)cc3OC)ncc1C(F)(F)F)C2. The number of ether oxygens (including phenoxy) is 1. The van der Waals surface area contributed by atoms with Crippen molar-refractivity contribution in [2.24, 2.45) is 5.92 Å². The summed E-state index contributed by atoms with van der Waals surface area (Å²) in [6.07, 6.45) is -2.87. The number of anilines is 4. The number of hydrogen-bond donors (Lipinski definition) is 4. The van der Waals surface area contributed by atoms with Gasteiger partial charge in [-0.15, -0.1) is 0 Å². The summed E-state index contributed by atoms with van der Waals surface area (Å²) in [5, 5.41) is 8.34. The van der Waals surface area contributed by atoms with Gasteiger partial charge in [-0.2, -0.15) is 18.2 Å². The lowest BCUT2D eigenvalue weighted by Gasteiger charge is -2.17. The van der Waals surface area contributed by atoms with Gasteiger partial charge in [0.2, 0.25) is 21.9 Å². The second-order valence-corrected chi connectivity index (χ2v) is 11.3. The maximum atomic E-state index is 13.8. The number of alkyl halides is 3. The number of benzene rings is 2. The lowest BCUT2D eigenvalue weighted by atomic mass is 10.0. The number of halogens is 3. The normalized spacial score (nSPS) is 14.9. The van der Waals surface area contributed by atoms with E-state index in [4.69, 9.17) is 4.74 Å². The average Bonchev–Trinajstić information content (AvgIpc) is 3.31. The van der Waals surface area contributed by atoms with Gasteiger partial charge in [0.05, 0.1) is 18.6 Å². The summed E-state index contributed by atoms with van der Waals surface area (Å²) >= 11 is 0. The highest BCUT2D eigenvalue weighted by Gasteiger charge is 2.36. The number of sulfonamides is 1. The highest BCUT2D eigenvalue weighted by molar-refractivity contribution is 7.88. The molecular weight excluding hydrogens is 549 g/mol. The van der Waals surface area contributed by atoms with Crippen LogP contribution in [0.3, 0.4) is 0 Å². The van der Waals surface area contributed by atoms with Crippen LogP contribution in [0.2, 0.25) is 0 Å². The molecule has 14 heteroatoms. The van der Waals surface area contributed by atoms with Crippen LogP contribution in [0.25, 0.3) is 0 Å². The molecule has 0 unspecified atom stereocenters. The average molecular weight is 579 g/mol. The fraction of sp³-hybridized carbons (Fsp3) is 0.346. The molecular formula is C26H29F3N6O4S. The molecule has 0 fully saturated rings. The number of carbonyl (C=O) groups excluding carboxylic acids is 1. The molecule has 0 radical (unpaired) electrons. The van der Waals surface area contributed by atoms with Crippen LogP contribution in [0.1, 0.15) is 29.2 Å². The van der Waals surface area contributed by atoms with Gasteiger partial charge in [0.1, 0.15) is 17.1 Å². The van der Waals surface area contributed by atoms with Crippen molar-refractivity contribution < 1.29 is 31.1 Å². The Bertz CT molecular complexity index is 1510. The molecule has 3 aromatic rings. The van der Waals surface area contributed by atoms with Crippen molar-refractivity contribution >= 4 is 39.1 Å². The first-order valence-corrected chi connectivity index (χ1v) is 14.0. The van der Waals surface area contributed by atoms with Crippen LogP contribution in [0.4, 0.5) is 36.3 Å². The predicted molar refractivity (Wildman–Crippen MR) is 145 cm³/mol. The number of rotatable bonds is 10. The first-order chi connectivity index (χ1) is 18.9. The molecule has 1 aliphatic rings. The van der Waals surface area contributed by atoms with E-state index < -0.39 is 21.8 Å². The van der Waals surface area contributed by atoms with Gasteiger partial charge in [0, 0.05) is 31.4 Å². The highest BCUT2D eigenvalue weighted by Crippen LogP contribution is 2.36. The van der Waals surface area contributed by atoms with Crippen LogP contribution in [0, 0.1) is 5.92 Å². The second-order valence-electron chi connectivity index (χ2n) is 9.35. The van der Waals surface area contributed by atoms with Crippen molar-refractivity contribution in [3.05, 3.63) is 64.8 Å². The maximum absolute atomic E-state index is 13.8. The Hall–Kier alpha value is -3.91. The third-order valence-electron chi connectivity index (χ3n) is 6.45. The molecule has 1 aromatic heterocycles. The largest absolute Gasteiger partial charge is 0.494 e. The summed E-state index contributed by atoms with van der Waals surface area (Å²) in [5.74, 6) is -0.648. The van der Waals surface area contributed by atoms with Gasteiger partial charge in [-0.1, -0.05) is 18.2 Å². The van der Waals surface area contributed by atoms with E-state index in [9.17, 15) is 26.4 Å². The lowest BCUT2D eigenvalue weighted by molar-refractivity contribution is -0.137. The molecule has 4 N–H and O–H groups in total. The van der Waals surface area contributed by atoms with E-state index in [1.165, 1.54) is 21.1 Å². The van der Waals surface area contributed by atoms with Crippen LogP contribution in [0.15, 0.2) is 42.6 Å². The Labute approximate surface area is 229 Å². The van der Waals surface area contributed by atoms with E-state index in [0.29, 0.717) is 41.7 Å². The van der Waals surface area contributed by atoms with E-state index in [-0.39, 0.29) is 35.9 Å². The smallest absolute Gasteiger partial charge is 0.421 e. The van der Waals surface area contributed by atoms with Crippen molar-refractivity contribution in [2.45, 2.75) is 31.7 Å². The zero-order chi connectivity index (χ0) is 29.1. The lowest BCUT2D eigenvalue weighted by Crippen LogP contribution is -2.21. The van der Waals surface area contributed by atoms with E-state index >= 15 is 0 Å². The van der Waals surface area contributed by atoms with Gasteiger partial charge >= 0.3 is 6.18 Å². The minimum atomic E-state index is -4.69. The number of amides is 1. The molecule has 1 aliphatic carbocycles. The molecule has 4 rings (SSSR count). The Morgan fingerprint density at radius 3 is 2.62 bits per heavy atom. The van der Waals surface area contributed by atoms with Gasteiger partial charge in [0.15, 0.2) is 0 Å². The highest BCUT2D eigenvalue weighted by atomic mass is 32.2. The summed E-state index contributed by atoms with van der Waals surface area (Å²) in [7, 11) is -0.707. The third kappa shape index (κ3) is 6.99. The summed E-state index contributed by atoms with van der Waals surface area (Å²) in [5.41, 5.74) is 2.42. The molecule has 0 bridgehead atoms. The zero-order valence-electron chi connectivity index (χ0n) is 22.0. The van der Waals surface area contributed by atoms with Crippen LogP contribution in [-0.4, -0.2) is 45.0 Å². The van der Waals surface area contributed by atoms with Gasteiger partial charge in [-0.3, -0.25) is 4.79 Å². The predicted octanol–water partition coefficient (Wildman–Crippen LogP) is 4.08. The third-order valence-corrected chi connectivity index (χ3v) is 7.76. The van der Waals surface area contributed by atoms with E-state index in [2.05, 4.69) is 30.6 Å². The monoisotopic (exact) mass is 578 g/mol. The fourth-order valence-electron chi connectivity index (χ4n) is 4.59. The summed E-state index contributed by atoms with van der Waals surface area (Å²) < 4.78 is 73.1. The van der Waals surface area contributed by atoms with E-state index in [0.717, 1.165) is 11.1 Å². The van der Waals surface area contributed by atoms with Gasteiger partial charge in [-0.05, 0) is 54.6 Å². The number of hydrogen-bond acceptors (Lipinski definition) is 8. The minimum Gasteiger partial charge on any atom is -0.494 e. The van der Waals surface area contributed by atoms with Crippen molar-refractivity contribution in [3.8, 4) is 5.75 Å². The Morgan fingerprint density at radius 2 is 1.95 bits per heavy atom. The number of carbonyl (C=O) groups is 1. The molecule has 1 amide bonds. The number of nitrogens with one attached hydrogen (secondary N) is 4. The topological polar surface area (TPSA) is 134 Å². The Balaban J connectivity index is 1.53. The number of nitrogens with zero attached hydrogens (tertiary/aromatic N) is 2. The standard InChI is InChI=1S/C26H29F3N6O4S/c1-15(36)33-19-7-8-22(23(11-19)39-3)34-25-32-13-21(26(27,28)29)24(35-25)31-12-16-9-17-5-4-6-18(20(17)10-16)14-40(37,38)30-2/h4-8,11,13,16,30H,9-10,12,14H2,1-3H3,(H,33,36)(H2,31,32,34,35)/t16-/m1/s1. The molecule has 10 nitrogen and oxygen atoms in total. The van der Waals surface area contributed by atoms with Gasteiger partial charge in [0.25, 0.3) is 0 Å². The molecule has 40 heavy (non-hydrogen) atoms. The summed E-state index contributed by atoms with van der Waals surface area (Å²) in [6.45, 7) is 1.54. The Kier molecular flexibility index (Phi) is 8.49. The molecule has 1 heterocycles. The molecule has 214 valence electrons. The molecule has 0 saturated carbocycles. The van der Waals surface area contributed by atoms with Crippen molar-refractivity contribution in [3.63, 3.8) is 0 Å². The number of aromatic nitrogens is 2. The molecule has 0 spiro atoms. The molecule has 0 aliphatic heterocycles. The van der Waals surface area contributed by atoms with Crippen LogP contribution >= 0.6 is 0 Å². The molecule has 0 saturated heterocycles. The van der Waals surface area contributed by atoms with Crippen molar-refractivity contribution in [2.75, 3.05) is 36.7 Å². The maximum Gasteiger partial charge on any atom is 0.421 e. The molecule has 2 aromatic carbocycles. The van der Waals surface area contributed by atoms with E-state index in [1.54, 1.807) is 30.3 Å². The zero-order valence-corrected chi connectivity index (χ0v) is 22.8. The quantitative estimate of drug-likeness (QED) is 0.283. The number of fused-ring (bicyclic) bond motifs is 1. The van der Waals surface area contributed by atoms with Crippen molar-refractivity contribution in [1.82, 2.24) is 14.7 Å². The van der Waals surface area contributed by atoms with Crippen LogP contribution in [-0.2, 0) is 39.6 Å². The summed E-state index contributed by atoms with van der Waals surface area (Å²) in [6, 6.07) is 10.2.